The molecule has 5 rings (SSSR count). The zero-order valence-electron chi connectivity index (χ0n) is 24.9. The number of carbonyl (C=O) groups is 1. The summed E-state index contributed by atoms with van der Waals surface area (Å²) >= 11 is 0. The first-order chi connectivity index (χ1) is 21.3. The lowest BCUT2D eigenvalue weighted by Gasteiger charge is -2.34. The second kappa shape index (κ2) is 14.5. The molecule has 1 aliphatic rings. The van der Waals surface area contributed by atoms with Crippen LogP contribution in [0.2, 0.25) is 0 Å². The zero-order valence-corrected chi connectivity index (χ0v) is 24.9. The molecular formula is C36H36FN3O4. The highest BCUT2D eigenvalue weighted by atomic mass is 19.1. The van der Waals surface area contributed by atoms with Crippen molar-refractivity contribution in [2.75, 3.05) is 32.8 Å². The van der Waals surface area contributed by atoms with Crippen LogP contribution in [0, 0.1) is 19.7 Å². The molecule has 7 nitrogen and oxygen atoms in total. The van der Waals surface area contributed by atoms with Gasteiger partial charge in [-0.15, -0.1) is 0 Å². The molecule has 0 spiro atoms. The second-order valence-electron chi connectivity index (χ2n) is 10.8. The van der Waals surface area contributed by atoms with Gasteiger partial charge in [-0.2, -0.15) is 0 Å². The van der Waals surface area contributed by atoms with Crippen LogP contribution in [0.15, 0.2) is 91.1 Å². The summed E-state index contributed by atoms with van der Waals surface area (Å²) in [5.74, 6) is 1.56. The number of benzene rings is 3. The fourth-order valence-corrected chi connectivity index (χ4v) is 5.03. The van der Waals surface area contributed by atoms with E-state index >= 15 is 0 Å². The fourth-order valence-electron chi connectivity index (χ4n) is 5.03. The number of amides is 1. The van der Waals surface area contributed by atoms with Crippen molar-refractivity contribution in [2.24, 2.45) is 0 Å². The number of rotatable bonds is 10. The van der Waals surface area contributed by atoms with Gasteiger partial charge in [-0.05, 0) is 96.3 Å². The molecule has 1 amide bonds. The van der Waals surface area contributed by atoms with Crippen LogP contribution in [0.1, 0.15) is 27.8 Å². The highest BCUT2D eigenvalue weighted by molar-refractivity contribution is 5.92. The molecule has 1 fully saturated rings. The topological polar surface area (TPSA) is 75.1 Å². The molecule has 0 saturated carbocycles. The predicted molar refractivity (Wildman–Crippen MR) is 170 cm³/mol. The van der Waals surface area contributed by atoms with Gasteiger partial charge in [0.2, 0.25) is 11.8 Å². The van der Waals surface area contributed by atoms with Gasteiger partial charge in [0.05, 0.1) is 6.20 Å². The van der Waals surface area contributed by atoms with Gasteiger partial charge in [0.25, 0.3) is 0 Å². The van der Waals surface area contributed by atoms with E-state index in [-0.39, 0.29) is 17.5 Å². The molecule has 4 aromatic rings. The van der Waals surface area contributed by atoms with Crippen molar-refractivity contribution in [1.29, 1.82) is 0 Å². The Morgan fingerprint density at radius 3 is 2.27 bits per heavy atom. The standard InChI is InChI=1S/C36H36FN3O4/c1-26-22-30(23-27(2)36(26)44-34-15-12-32(41)24-38-34)9-16-35(42)40-19-17-39(18-20-40)25-29-7-5-28(6-8-29)4-3-21-43-33-13-10-31(37)11-14-33/h3-16,22-24,41H,17-21,25H2,1-2H3. The number of aromatic nitrogens is 1. The Labute approximate surface area is 257 Å². The van der Waals surface area contributed by atoms with Crippen LogP contribution in [0.4, 0.5) is 4.39 Å². The molecule has 1 aliphatic heterocycles. The molecule has 2 heterocycles. The van der Waals surface area contributed by atoms with Gasteiger partial charge in [-0.25, -0.2) is 9.37 Å². The third-order valence-corrected chi connectivity index (χ3v) is 7.37. The number of halogens is 1. The largest absolute Gasteiger partial charge is 0.506 e. The monoisotopic (exact) mass is 593 g/mol. The molecule has 1 N–H and O–H groups in total. The van der Waals surface area contributed by atoms with E-state index < -0.39 is 0 Å². The van der Waals surface area contributed by atoms with Gasteiger partial charge in [-0.3, -0.25) is 9.69 Å². The first kappa shape index (κ1) is 30.5. The van der Waals surface area contributed by atoms with Crippen molar-refractivity contribution in [3.8, 4) is 23.1 Å². The number of nitrogens with zero attached hydrogens (tertiary/aromatic N) is 3. The van der Waals surface area contributed by atoms with Gasteiger partial charge in [0.1, 0.15) is 29.7 Å². The lowest BCUT2D eigenvalue weighted by molar-refractivity contribution is -0.127. The summed E-state index contributed by atoms with van der Waals surface area (Å²) < 4.78 is 24.5. The van der Waals surface area contributed by atoms with Gasteiger partial charge in [0, 0.05) is 44.9 Å². The maximum atomic E-state index is 13.0. The normalized spacial score (nSPS) is 13.9. The lowest BCUT2D eigenvalue weighted by Crippen LogP contribution is -2.47. The molecule has 1 saturated heterocycles. The third kappa shape index (κ3) is 8.55. The van der Waals surface area contributed by atoms with Crippen LogP contribution in [-0.2, 0) is 11.3 Å². The highest BCUT2D eigenvalue weighted by Crippen LogP contribution is 2.30. The average molecular weight is 594 g/mol. The van der Waals surface area contributed by atoms with Crippen LogP contribution in [0.5, 0.6) is 23.1 Å². The van der Waals surface area contributed by atoms with E-state index in [1.807, 2.05) is 49.1 Å². The van der Waals surface area contributed by atoms with Crippen LogP contribution >= 0.6 is 0 Å². The molecule has 226 valence electrons. The van der Waals surface area contributed by atoms with Crippen molar-refractivity contribution in [3.63, 3.8) is 0 Å². The number of carbonyl (C=O) groups excluding carboxylic acids is 1. The summed E-state index contributed by atoms with van der Waals surface area (Å²) in [5.41, 5.74) is 5.10. The van der Waals surface area contributed by atoms with E-state index in [2.05, 4.69) is 34.1 Å². The van der Waals surface area contributed by atoms with Gasteiger partial charge < -0.3 is 19.5 Å². The van der Waals surface area contributed by atoms with Crippen LogP contribution in [0.25, 0.3) is 12.2 Å². The molecule has 0 unspecified atom stereocenters. The van der Waals surface area contributed by atoms with Crippen LogP contribution in [-0.4, -0.2) is 58.6 Å². The maximum Gasteiger partial charge on any atom is 0.246 e. The number of aromatic hydroxyl groups is 1. The molecule has 0 aliphatic carbocycles. The summed E-state index contributed by atoms with van der Waals surface area (Å²) in [4.78, 5) is 21.3. The second-order valence-corrected chi connectivity index (χ2v) is 10.8. The molecule has 44 heavy (non-hydrogen) atoms. The highest BCUT2D eigenvalue weighted by Gasteiger charge is 2.19. The number of ether oxygens (including phenoxy) is 2. The average Bonchev–Trinajstić information content (AvgIpc) is 3.03. The maximum absolute atomic E-state index is 13.0. The molecule has 3 aromatic carbocycles. The predicted octanol–water partition coefficient (Wildman–Crippen LogP) is 6.79. The Morgan fingerprint density at radius 2 is 1.61 bits per heavy atom. The third-order valence-electron chi connectivity index (χ3n) is 7.37. The number of hydrogen-bond donors (Lipinski definition) is 1. The summed E-state index contributed by atoms with van der Waals surface area (Å²) in [6.45, 7) is 8.16. The van der Waals surface area contributed by atoms with Crippen LogP contribution < -0.4 is 9.47 Å². The Bertz CT molecular complexity index is 1590. The summed E-state index contributed by atoms with van der Waals surface area (Å²) in [7, 11) is 0. The molecule has 0 atom stereocenters. The summed E-state index contributed by atoms with van der Waals surface area (Å²) in [5, 5.41) is 9.43. The molecular weight excluding hydrogens is 557 g/mol. The Hall–Kier alpha value is -4.95. The van der Waals surface area contributed by atoms with Crippen molar-refractivity contribution < 1.29 is 23.8 Å². The molecule has 8 heteroatoms. The Morgan fingerprint density at radius 1 is 0.909 bits per heavy atom. The number of aryl methyl sites for hydroxylation is 2. The van der Waals surface area contributed by atoms with E-state index in [4.69, 9.17) is 9.47 Å². The zero-order chi connectivity index (χ0) is 30.9. The number of pyridine rings is 1. The lowest BCUT2D eigenvalue weighted by atomic mass is 10.1. The Balaban J connectivity index is 1.06. The smallest absolute Gasteiger partial charge is 0.246 e. The van der Waals surface area contributed by atoms with Crippen molar-refractivity contribution in [3.05, 3.63) is 125 Å². The first-order valence-electron chi connectivity index (χ1n) is 14.6. The van der Waals surface area contributed by atoms with Crippen molar-refractivity contribution in [2.45, 2.75) is 20.4 Å². The van der Waals surface area contributed by atoms with E-state index in [1.165, 1.54) is 30.0 Å². The van der Waals surface area contributed by atoms with Gasteiger partial charge >= 0.3 is 0 Å². The number of piperazine rings is 1. The minimum atomic E-state index is -0.279. The quantitative estimate of drug-likeness (QED) is 0.204. The van der Waals surface area contributed by atoms with E-state index in [9.17, 15) is 14.3 Å². The van der Waals surface area contributed by atoms with E-state index in [1.54, 1.807) is 24.3 Å². The summed E-state index contributed by atoms with van der Waals surface area (Å²) in [6.07, 6.45) is 8.78. The Kier molecular flexibility index (Phi) is 10.0. The molecule has 0 bridgehead atoms. The minimum absolute atomic E-state index is 0.00752. The van der Waals surface area contributed by atoms with Gasteiger partial charge in [-0.1, -0.05) is 30.3 Å². The van der Waals surface area contributed by atoms with Crippen molar-refractivity contribution in [1.82, 2.24) is 14.8 Å². The van der Waals surface area contributed by atoms with Crippen molar-refractivity contribution >= 4 is 18.1 Å². The van der Waals surface area contributed by atoms with E-state index in [0.717, 1.165) is 41.9 Å². The SMILES string of the molecule is Cc1cc(C=CC(=O)N2CCN(Cc3ccc(C=CCOc4ccc(F)cc4)cc3)CC2)cc(C)c1Oc1ccc(O)cn1. The molecule has 0 radical (unpaired) electrons. The molecule has 1 aromatic heterocycles. The van der Waals surface area contributed by atoms with Gasteiger partial charge in [0.15, 0.2) is 0 Å². The first-order valence-corrected chi connectivity index (χ1v) is 14.6. The summed E-state index contributed by atoms with van der Waals surface area (Å²) in [6, 6.07) is 21.5. The fraction of sp³-hybridized carbons (Fsp3) is 0.222. The number of hydrogen-bond acceptors (Lipinski definition) is 6. The van der Waals surface area contributed by atoms with E-state index in [0.29, 0.717) is 37.1 Å². The van der Waals surface area contributed by atoms with Crippen LogP contribution in [0.3, 0.4) is 0 Å². The minimum Gasteiger partial charge on any atom is -0.506 e.